The Hall–Kier alpha value is -2.90. The maximum atomic E-state index is 13.8. The predicted octanol–water partition coefficient (Wildman–Crippen LogP) is 5.05. The summed E-state index contributed by atoms with van der Waals surface area (Å²) in [6.45, 7) is 1.35. The van der Waals surface area contributed by atoms with Gasteiger partial charge in [0.1, 0.15) is 11.8 Å². The van der Waals surface area contributed by atoms with Crippen LogP contribution in [0.2, 0.25) is 0 Å². The Morgan fingerprint density at radius 3 is 2.50 bits per heavy atom. The fourth-order valence-corrected chi connectivity index (χ4v) is 7.99. The quantitative estimate of drug-likeness (QED) is 0.291. The number of thioether (sulfide) groups is 1. The molecule has 0 radical (unpaired) electrons. The molecule has 0 saturated carbocycles. The molecule has 0 N–H and O–H groups in total. The molecular formula is C25H18BrF3N2O5S2. The number of esters is 1. The van der Waals surface area contributed by atoms with E-state index in [1.165, 1.54) is 16.7 Å². The molecule has 1 aromatic heterocycles. The topological polar surface area (TPSA) is 85.7 Å². The summed E-state index contributed by atoms with van der Waals surface area (Å²) in [5.41, 5.74) is -1.03. The SMILES string of the molecule is CCOC(=O)Cn1c2c(sc1=O)C(c1cccc(Br)c1)C1C(=O)N(c3ccccc3C(F)(F)F)C(=O)C1S2. The second-order valence-corrected chi connectivity index (χ2v) is 11.6. The van der Waals surface area contributed by atoms with E-state index in [9.17, 15) is 32.3 Å². The molecule has 3 heterocycles. The van der Waals surface area contributed by atoms with Crippen molar-refractivity contribution in [2.45, 2.75) is 35.8 Å². The van der Waals surface area contributed by atoms with Gasteiger partial charge in [-0.3, -0.25) is 23.7 Å². The van der Waals surface area contributed by atoms with Gasteiger partial charge in [-0.05, 0) is 36.8 Å². The van der Waals surface area contributed by atoms with Crippen LogP contribution in [0.5, 0.6) is 0 Å². The van der Waals surface area contributed by atoms with Gasteiger partial charge in [0.2, 0.25) is 11.8 Å². The van der Waals surface area contributed by atoms with E-state index in [0.717, 1.165) is 35.2 Å². The molecular weight excluding hydrogens is 609 g/mol. The summed E-state index contributed by atoms with van der Waals surface area (Å²) in [4.78, 5) is 53.3. The number of hydrogen-bond donors (Lipinski definition) is 0. The number of hydrogen-bond acceptors (Lipinski definition) is 7. The lowest BCUT2D eigenvalue weighted by atomic mass is 9.83. The zero-order chi connectivity index (χ0) is 27.4. The lowest BCUT2D eigenvalue weighted by Crippen LogP contribution is -2.33. The number of para-hydroxylation sites is 1. The molecule has 2 aliphatic rings. The van der Waals surface area contributed by atoms with E-state index in [1.807, 2.05) is 0 Å². The molecule has 1 saturated heterocycles. The Kier molecular flexibility index (Phi) is 7.03. The van der Waals surface area contributed by atoms with Gasteiger partial charge in [-0.1, -0.05) is 63.3 Å². The normalized spacial score (nSPS) is 20.9. The van der Waals surface area contributed by atoms with Crippen molar-refractivity contribution in [2.24, 2.45) is 5.92 Å². The van der Waals surface area contributed by atoms with Gasteiger partial charge in [-0.25, -0.2) is 4.90 Å². The van der Waals surface area contributed by atoms with Crippen molar-refractivity contribution in [3.63, 3.8) is 0 Å². The molecule has 0 spiro atoms. The number of aromatic nitrogens is 1. The Labute approximate surface area is 230 Å². The Bertz CT molecular complexity index is 1520. The van der Waals surface area contributed by atoms with Crippen LogP contribution in [0.15, 0.2) is 62.8 Å². The van der Waals surface area contributed by atoms with Crippen molar-refractivity contribution in [3.05, 3.63) is 78.7 Å². The van der Waals surface area contributed by atoms with Crippen molar-refractivity contribution in [3.8, 4) is 0 Å². The number of ether oxygens (including phenoxy) is 1. The third-order valence-corrected chi connectivity index (χ3v) is 9.40. The second-order valence-electron chi connectivity index (χ2n) is 8.55. The molecule has 2 aliphatic heterocycles. The summed E-state index contributed by atoms with van der Waals surface area (Å²) in [7, 11) is 0. The van der Waals surface area contributed by atoms with Crippen LogP contribution in [0.25, 0.3) is 0 Å². The molecule has 7 nitrogen and oxygen atoms in total. The molecule has 3 atom stereocenters. The predicted molar refractivity (Wildman–Crippen MR) is 138 cm³/mol. The lowest BCUT2D eigenvalue weighted by molar-refractivity contribution is -0.144. The van der Waals surface area contributed by atoms with E-state index in [-0.39, 0.29) is 6.61 Å². The van der Waals surface area contributed by atoms with Crippen LogP contribution in [0.3, 0.4) is 0 Å². The van der Waals surface area contributed by atoms with E-state index < -0.39 is 63.7 Å². The van der Waals surface area contributed by atoms with Gasteiger partial charge < -0.3 is 4.74 Å². The molecule has 0 aliphatic carbocycles. The van der Waals surface area contributed by atoms with Gasteiger partial charge >= 0.3 is 17.0 Å². The van der Waals surface area contributed by atoms with E-state index in [4.69, 9.17) is 4.74 Å². The van der Waals surface area contributed by atoms with Crippen LogP contribution >= 0.6 is 39.0 Å². The first-order valence-electron chi connectivity index (χ1n) is 11.4. The highest BCUT2D eigenvalue weighted by atomic mass is 79.9. The Morgan fingerprint density at radius 1 is 1.08 bits per heavy atom. The van der Waals surface area contributed by atoms with Gasteiger partial charge in [0.05, 0.1) is 28.8 Å². The van der Waals surface area contributed by atoms with E-state index in [1.54, 1.807) is 31.2 Å². The standard InChI is InChI=1S/C25H18BrF3N2O5S2/c1-2-36-16(32)11-30-23-20(38-24(30)35)17(12-6-5-7-13(26)10-12)18-19(37-23)22(34)31(21(18)33)15-9-4-3-8-14(15)25(27,28)29/h3-10,17-19H,2,11H2,1H3. The fraction of sp³-hybridized carbons (Fsp3) is 0.280. The molecule has 2 amide bonds. The monoisotopic (exact) mass is 626 g/mol. The summed E-state index contributed by atoms with van der Waals surface area (Å²) >= 11 is 5.17. The third-order valence-electron chi connectivity index (χ3n) is 6.30. The first kappa shape index (κ1) is 26.7. The minimum absolute atomic E-state index is 0.110. The van der Waals surface area contributed by atoms with Crippen molar-refractivity contribution >= 4 is 62.5 Å². The van der Waals surface area contributed by atoms with Crippen LogP contribution in [0.4, 0.5) is 18.9 Å². The largest absolute Gasteiger partial charge is 0.465 e. The highest BCUT2D eigenvalue weighted by molar-refractivity contribution is 9.10. The minimum Gasteiger partial charge on any atom is -0.465 e. The third kappa shape index (κ3) is 4.50. The maximum Gasteiger partial charge on any atom is 0.418 e. The first-order valence-corrected chi connectivity index (χ1v) is 13.9. The van der Waals surface area contributed by atoms with E-state index in [2.05, 4.69) is 15.9 Å². The van der Waals surface area contributed by atoms with Crippen molar-refractivity contribution < 1.29 is 32.3 Å². The molecule has 3 unspecified atom stereocenters. The van der Waals surface area contributed by atoms with Gasteiger partial charge in [0, 0.05) is 15.3 Å². The zero-order valence-electron chi connectivity index (χ0n) is 19.5. The smallest absolute Gasteiger partial charge is 0.418 e. The second kappa shape index (κ2) is 10.0. The highest BCUT2D eigenvalue weighted by Crippen LogP contribution is 2.54. The number of anilines is 1. The van der Waals surface area contributed by atoms with Crippen LogP contribution < -0.4 is 9.77 Å². The van der Waals surface area contributed by atoms with Crippen LogP contribution in [-0.4, -0.2) is 34.2 Å². The van der Waals surface area contributed by atoms with Crippen molar-refractivity contribution in [1.29, 1.82) is 0 Å². The Balaban J connectivity index is 1.67. The number of amides is 2. The summed E-state index contributed by atoms with van der Waals surface area (Å²) in [5, 5.41) is -0.783. The fourth-order valence-electron chi connectivity index (χ4n) is 4.80. The van der Waals surface area contributed by atoms with Gasteiger partial charge in [0.15, 0.2) is 0 Å². The molecule has 5 rings (SSSR count). The molecule has 198 valence electrons. The number of carbonyl (C=O) groups excluding carboxylic acids is 3. The Morgan fingerprint density at radius 2 is 1.82 bits per heavy atom. The van der Waals surface area contributed by atoms with Crippen LogP contribution in [0.1, 0.15) is 28.8 Å². The number of fused-ring (bicyclic) bond motifs is 2. The van der Waals surface area contributed by atoms with E-state index >= 15 is 0 Å². The summed E-state index contributed by atoms with van der Waals surface area (Å²) in [6, 6.07) is 11.4. The van der Waals surface area contributed by atoms with Crippen molar-refractivity contribution in [2.75, 3.05) is 11.5 Å². The highest BCUT2D eigenvalue weighted by Gasteiger charge is 2.57. The molecule has 1 fully saturated rings. The molecule has 0 bridgehead atoms. The maximum absolute atomic E-state index is 13.8. The van der Waals surface area contributed by atoms with Gasteiger partial charge in [-0.2, -0.15) is 13.2 Å². The average molecular weight is 627 g/mol. The van der Waals surface area contributed by atoms with Crippen molar-refractivity contribution in [1.82, 2.24) is 4.57 Å². The summed E-state index contributed by atoms with van der Waals surface area (Å²) < 4.78 is 48.3. The minimum atomic E-state index is -4.79. The number of rotatable bonds is 5. The van der Waals surface area contributed by atoms with Crippen LogP contribution in [-0.2, 0) is 31.8 Å². The number of alkyl halides is 3. The average Bonchev–Trinajstić information content (AvgIpc) is 3.29. The summed E-state index contributed by atoms with van der Waals surface area (Å²) in [6.07, 6.45) is -4.79. The number of halogens is 4. The summed E-state index contributed by atoms with van der Waals surface area (Å²) in [5.74, 6) is -4.10. The number of nitrogens with zero attached hydrogens (tertiary/aromatic N) is 2. The molecule has 3 aromatic rings. The van der Waals surface area contributed by atoms with Gasteiger partial charge in [-0.15, -0.1) is 0 Å². The number of thiazole rings is 1. The van der Waals surface area contributed by atoms with Gasteiger partial charge in [0.25, 0.3) is 0 Å². The number of imide groups is 1. The zero-order valence-corrected chi connectivity index (χ0v) is 22.7. The number of carbonyl (C=O) groups is 3. The lowest BCUT2D eigenvalue weighted by Gasteiger charge is -2.30. The molecule has 2 aromatic carbocycles. The van der Waals surface area contributed by atoms with E-state index in [0.29, 0.717) is 24.8 Å². The van der Waals surface area contributed by atoms with Crippen LogP contribution in [0, 0.1) is 5.92 Å². The first-order chi connectivity index (χ1) is 18.0. The molecule has 38 heavy (non-hydrogen) atoms. The number of benzene rings is 2. The molecule has 13 heteroatoms.